The van der Waals surface area contributed by atoms with Crippen LogP contribution >= 0.6 is 23.1 Å². The van der Waals surface area contributed by atoms with Gasteiger partial charge in [-0.25, -0.2) is 9.66 Å². The summed E-state index contributed by atoms with van der Waals surface area (Å²) in [7, 11) is 0. The van der Waals surface area contributed by atoms with Crippen LogP contribution < -0.4 is 11.2 Å². The van der Waals surface area contributed by atoms with Crippen LogP contribution in [0.1, 0.15) is 25.2 Å². The second-order valence-electron chi connectivity index (χ2n) is 5.74. The van der Waals surface area contributed by atoms with Crippen molar-refractivity contribution in [3.63, 3.8) is 0 Å². The summed E-state index contributed by atoms with van der Waals surface area (Å²) in [4.78, 5) is 16.9. The van der Waals surface area contributed by atoms with Crippen molar-refractivity contribution >= 4 is 34.1 Å². The molecule has 1 amide bonds. The van der Waals surface area contributed by atoms with Gasteiger partial charge in [0.2, 0.25) is 11.1 Å². The second kappa shape index (κ2) is 7.88. The summed E-state index contributed by atoms with van der Waals surface area (Å²) >= 11 is 2.66. The minimum Gasteiger partial charge on any atom is -0.336 e. The first-order valence-corrected chi connectivity index (χ1v) is 9.93. The molecular formula is C17H20N6OS2. The Labute approximate surface area is 160 Å². The fraction of sp³-hybridized carbons (Fsp3) is 0.294. The number of hydrogen-bond donors (Lipinski definition) is 2. The lowest BCUT2D eigenvalue weighted by molar-refractivity contribution is -0.115. The van der Waals surface area contributed by atoms with E-state index >= 15 is 0 Å². The van der Waals surface area contributed by atoms with E-state index in [0.29, 0.717) is 16.1 Å². The zero-order valence-electron chi connectivity index (χ0n) is 14.8. The number of nitrogens with two attached hydrogens (primary N) is 1. The molecule has 0 unspecified atom stereocenters. The van der Waals surface area contributed by atoms with E-state index in [9.17, 15) is 4.79 Å². The molecule has 7 nitrogen and oxygen atoms in total. The standard InChI is InChI=1S/C17H20N6OS2/c1-4-12-5-7-13(8-6-12)14-9-25-16(19-14)20-15(24)10(2)26-17-22-21-11(3)23(17)18/h5-10H,4,18H2,1-3H3,(H,19,20,24)/t10-/m0/s1. The van der Waals surface area contributed by atoms with Gasteiger partial charge in [-0.15, -0.1) is 21.5 Å². The minimum atomic E-state index is -0.378. The van der Waals surface area contributed by atoms with Crippen molar-refractivity contribution in [2.45, 2.75) is 37.6 Å². The molecule has 0 saturated carbocycles. The number of hydrogen-bond acceptors (Lipinski definition) is 7. The topological polar surface area (TPSA) is 98.7 Å². The van der Waals surface area contributed by atoms with Gasteiger partial charge in [0, 0.05) is 10.9 Å². The predicted octanol–water partition coefficient (Wildman–Crippen LogP) is 3.11. The van der Waals surface area contributed by atoms with Crippen LogP contribution in [-0.2, 0) is 11.2 Å². The number of aryl methyl sites for hydroxylation is 2. The summed E-state index contributed by atoms with van der Waals surface area (Å²) < 4.78 is 1.37. The smallest absolute Gasteiger partial charge is 0.239 e. The monoisotopic (exact) mass is 388 g/mol. The number of nitrogens with zero attached hydrogens (tertiary/aromatic N) is 4. The number of nitrogens with one attached hydrogen (secondary N) is 1. The molecule has 2 aromatic heterocycles. The number of amides is 1. The van der Waals surface area contributed by atoms with Crippen LogP contribution in [0.2, 0.25) is 0 Å². The lowest BCUT2D eigenvalue weighted by Gasteiger charge is -2.09. The van der Waals surface area contributed by atoms with Gasteiger partial charge in [-0.05, 0) is 25.8 Å². The molecule has 0 fully saturated rings. The Kier molecular flexibility index (Phi) is 5.58. The van der Waals surface area contributed by atoms with Crippen LogP contribution in [0.5, 0.6) is 0 Å². The fourth-order valence-electron chi connectivity index (χ4n) is 2.22. The van der Waals surface area contributed by atoms with Gasteiger partial charge in [-0.1, -0.05) is 43.0 Å². The largest absolute Gasteiger partial charge is 0.336 e. The first-order valence-electron chi connectivity index (χ1n) is 8.17. The number of anilines is 1. The molecule has 1 aromatic carbocycles. The van der Waals surface area contributed by atoms with Crippen LogP contribution in [0, 0.1) is 6.92 Å². The number of nitrogen functional groups attached to an aromatic ring is 1. The van der Waals surface area contributed by atoms with Crippen molar-refractivity contribution in [2.24, 2.45) is 0 Å². The molecule has 9 heteroatoms. The Balaban J connectivity index is 1.64. The summed E-state index contributed by atoms with van der Waals surface area (Å²) in [5, 5.41) is 13.3. The van der Waals surface area contributed by atoms with E-state index in [4.69, 9.17) is 5.84 Å². The Morgan fingerprint density at radius 1 is 1.35 bits per heavy atom. The number of thioether (sulfide) groups is 1. The number of benzene rings is 1. The quantitative estimate of drug-likeness (QED) is 0.497. The van der Waals surface area contributed by atoms with Crippen LogP contribution in [0.25, 0.3) is 11.3 Å². The first kappa shape index (κ1) is 18.4. The van der Waals surface area contributed by atoms with Gasteiger partial charge >= 0.3 is 0 Å². The molecule has 136 valence electrons. The fourth-order valence-corrected chi connectivity index (χ4v) is 3.76. The van der Waals surface area contributed by atoms with Crippen LogP contribution in [0.4, 0.5) is 5.13 Å². The number of carbonyl (C=O) groups excluding carboxylic acids is 1. The van der Waals surface area contributed by atoms with E-state index in [2.05, 4.69) is 39.6 Å². The lowest BCUT2D eigenvalue weighted by Crippen LogP contribution is -2.23. The van der Waals surface area contributed by atoms with Gasteiger partial charge in [0.05, 0.1) is 10.9 Å². The van der Waals surface area contributed by atoms with E-state index in [-0.39, 0.29) is 11.2 Å². The van der Waals surface area contributed by atoms with Gasteiger partial charge in [0.25, 0.3) is 0 Å². The molecule has 3 aromatic rings. The Morgan fingerprint density at radius 2 is 2.08 bits per heavy atom. The molecule has 0 aliphatic heterocycles. The Morgan fingerprint density at radius 3 is 2.69 bits per heavy atom. The van der Waals surface area contributed by atoms with Gasteiger partial charge in [0.15, 0.2) is 5.13 Å². The van der Waals surface area contributed by atoms with Gasteiger partial charge in [-0.2, -0.15) is 0 Å². The molecule has 26 heavy (non-hydrogen) atoms. The maximum absolute atomic E-state index is 12.4. The molecule has 0 saturated heterocycles. The molecule has 0 spiro atoms. The SMILES string of the molecule is CCc1ccc(-c2csc(NC(=O)[C@H](C)Sc3nnc(C)n3N)n2)cc1. The zero-order chi connectivity index (χ0) is 18.7. The van der Waals surface area contributed by atoms with Crippen LogP contribution in [-0.4, -0.2) is 31.0 Å². The van der Waals surface area contributed by atoms with Crippen molar-refractivity contribution in [1.82, 2.24) is 19.9 Å². The average Bonchev–Trinajstić information content (AvgIpc) is 3.23. The molecule has 3 N–H and O–H groups in total. The third-order valence-electron chi connectivity index (χ3n) is 3.88. The number of aromatic nitrogens is 4. The van der Waals surface area contributed by atoms with Crippen molar-refractivity contribution in [1.29, 1.82) is 0 Å². The number of carbonyl (C=O) groups is 1. The normalized spacial score (nSPS) is 12.1. The third kappa shape index (κ3) is 4.05. The zero-order valence-corrected chi connectivity index (χ0v) is 16.4. The molecular weight excluding hydrogens is 368 g/mol. The molecule has 3 rings (SSSR count). The van der Waals surface area contributed by atoms with Crippen LogP contribution in [0.3, 0.4) is 0 Å². The van der Waals surface area contributed by atoms with Gasteiger partial charge in [0.1, 0.15) is 5.82 Å². The molecule has 1 atom stereocenters. The summed E-state index contributed by atoms with van der Waals surface area (Å²) in [6.07, 6.45) is 1.00. The van der Waals surface area contributed by atoms with E-state index < -0.39 is 0 Å². The van der Waals surface area contributed by atoms with E-state index in [1.807, 2.05) is 17.5 Å². The third-order valence-corrected chi connectivity index (χ3v) is 5.69. The first-order chi connectivity index (χ1) is 12.5. The van der Waals surface area contributed by atoms with Crippen molar-refractivity contribution in [2.75, 3.05) is 11.2 Å². The molecule has 2 heterocycles. The summed E-state index contributed by atoms with van der Waals surface area (Å²) in [6, 6.07) is 8.29. The number of rotatable bonds is 6. The highest BCUT2D eigenvalue weighted by Crippen LogP contribution is 2.27. The molecule has 0 aliphatic carbocycles. The van der Waals surface area contributed by atoms with Gasteiger partial charge < -0.3 is 11.2 Å². The maximum Gasteiger partial charge on any atom is 0.239 e. The maximum atomic E-state index is 12.4. The van der Waals surface area contributed by atoms with Gasteiger partial charge in [-0.3, -0.25) is 4.79 Å². The summed E-state index contributed by atoms with van der Waals surface area (Å²) in [6.45, 7) is 5.67. The highest BCUT2D eigenvalue weighted by atomic mass is 32.2. The lowest BCUT2D eigenvalue weighted by atomic mass is 10.1. The highest BCUT2D eigenvalue weighted by molar-refractivity contribution is 8.00. The van der Waals surface area contributed by atoms with E-state index in [1.165, 1.54) is 33.3 Å². The average molecular weight is 389 g/mol. The minimum absolute atomic E-state index is 0.155. The number of thiazole rings is 1. The van der Waals surface area contributed by atoms with Crippen molar-refractivity contribution in [3.05, 3.63) is 41.0 Å². The molecule has 0 aliphatic rings. The van der Waals surface area contributed by atoms with E-state index in [0.717, 1.165) is 17.7 Å². The summed E-state index contributed by atoms with van der Waals surface area (Å²) in [5.41, 5.74) is 3.17. The Hall–Kier alpha value is -2.39. The summed E-state index contributed by atoms with van der Waals surface area (Å²) in [5.74, 6) is 6.26. The van der Waals surface area contributed by atoms with Crippen LogP contribution in [0.15, 0.2) is 34.8 Å². The predicted molar refractivity (Wildman–Crippen MR) is 106 cm³/mol. The van der Waals surface area contributed by atoms with Crippen molar-refractivity contribution in [3.8, 4) is 11.3 Å². The highest BCUT2D eigenvalue weighted by Gasteiger charge is 2.19. The molecule has 0 bridgehead atoms. The molecule has 0 radical (unpaired) electrons. The Bertz CT molecular complexity index is 902. The second-order valence-corrected chi connectivity index (χ2v) is 7.90. The van der Waals surface area contributed by atoms with Crippen molar-refractivity contribution < 1.29 is 4.79 Å². The van der Waals surface area contributed by atoms with E-state index in [1.54, 1.807) is 13.8 Å².